The molecule has 1 amide bonds. The van der Waals surface area contributed by atoms with Gasteiger partial charge in [0.05, 0.1) is 0 Å². The van der Waals surface area contributed by atoms with Gasteiger partial charge in [-0.05, 0) is 24.8 Å². The highest BCUT2D eigenvalue weighted by Crippen LogP contribution is 2.23. The fourth-order valence-electron chi connectivity index (χ4n) is 3.07. The summed E-state index contributed by atoms with van der Waals surface area (Å²) in [4.78, 5) is 16.3. The van der Waals surface area contributed by atoms with Gasteiger partial charge in [-0.25, -0.2) is 0 Å². The molecule has 1 aromatic rings. The summed E-state index contributed by atoms with van der Waals surface area (Å²) in [5, 5.41) is 9.56. The van der Waals surface area contributed by atoms with Gasteiger partial charge in [-0.1, -0.05) is 49.6 Å². The average molecular weight is 330 g/mol. The molecule has 0 radical (unpaired) electrons. The van der Waals surface area contributed by atoms with E-state index in [0.29, 0.717) is 13.1 Å². The number of aliphatic imine (C=N–C) groups is 1. The zero-order valence-corrected chi connectivity index (χ0v) is 14.7. The normalized spacial score (nSPS) is 15.8. The fraction of sp³-hybridized carbons (Fsp3) is 0.579. The van der Waals surface area contributed by atoms with Crippen molar-refractivity contribution in [3.63, 3.8) is 0 Å². The van der Waals surface area contributed by atoms with Crippen LogP contribution in [0.15, 0.2) is 35.3 Å². The summed E-state index contributed by atoms with van der Waals surface area (Å²) in [6, 6.07) is 10.4. The molecule has 1 aliphatic rings. The van der Waals surface area contributed by atoms with Gasteiger partial charge in [0.2, 0.25) is 5.91 Å². The molecule has 0 atom stereocenters. The van der Waals surface area contributed by atoms with Crippen molar-refractivity contribution >= 4 is 11.9 Å². The minimum atomic E-state index is 0.212. The third-order valence-corrected chi connectivity index (χ3v) is 4.47. The molecule has 1 fully saturated rings. The van der Waals surface area contributed by atoms with Crippen LogP contribution in [0, 0.1) is 5.92 Å². The number of rotatable bonds is 7. The van der Waals surface area contributed by atoms with Crippen molar-refractivity contribution in [3.8, 4) is 0 Å². The number of hydrogen-bond acceptors (Lipinski definition) is 2. The second-order valence-corrected chi connectivity index (χ2v) is 6.29. The SMILES string of the molecule is CN=C(NCCNC(=O)C1CCCCC1)NCCc1ccccc1. The van der Waals surface area contributed by atoms with E-state index in [0.717, 1.165) is 31.8 Å². The fourth-order valence-corrected chi connectivity index (χ4v) is 3.07. The molecule has 0 unspecified atom stereocenters. The number of benzene rings is 1. The zero-order chi connectivity index (χ0) is 17.0. The second kappa shape index (κ2) is 10.7. The van der Waals surface area contributed by atoms with Gasteiger partial charge < -0.3 is 16.0 Å². The Kier molecular flexibility index (Phi) is 8.15. The van der Waals surface area contributed by atoms with Crippen molar-refractivity contribution in [1.82, 2.24) is 16.0 Å². The Labute approximate surface area is 145 Å². The van der Waals surface area contributed by atoms with Crippen molar-refractivity contribution in [2.45, 2.75) is 38.5 Å². The molecule has 1 aromatic carbocycles. The van der Waals surface area contributed by atoms with Crippen LogP contribution < -0.4 is 16.0 Å². The van der Waals surface area contributed by atoms with Crippen molar-refractivity contribution in [3.05, 3.63) is 35.9 Å². The summed E-state index contributed by atoms with van der Waals surface area (Å²) in [5.74, 6) is 1.21. The summed E-state index contributed by atoms with van der Waals surface area (Å²) in [7, 11) is 1.76. The standard InChI is InChI=1S/C19H30N4O/c1-20-19(22-13-12-16-8-4-2-5-9-16)23-15-14-21-18(24)17-10-6-3-7-11-17/h2,4-5,8-9,17H,3,6-7,10-15H2,1H3,(H,21,24)(H2,20,22,23). The summed E-state index contributed by atoms with van der Waals surface area (Å²) in [6.45, 7) is 2.15. The summed E-state index contributed by atoms with van der Waals surface area (Å²) >= 11 is 0. The first-order valence-corrected chi connectivity index (χ1v) is 9.06. The molecule has 1 aliphatic carbocycles. The smallest absolute Gasteiger partial charge is 0.223 e. The molecule has 0 aliphatic heterocycles. The molecule has 0 saturated heterocycles. The van der Waals surface area contributed by atoms with Crippen LogP contribution >= 0.6 is 0 Å². The Bertz CT molecular complexity index is 509. The van der Waals surface area contributed by atoms with E-state index < -0.39 is 0 Å². The number of nitrogens with one attached hydrogen (secondary N) is 3. The average Bonchev–Trinajstić information content (AvgIpc) is 2.65. The maximum absolute atomic E-state index is 12.1. The first kappa shape index (κ1) is 18.3. The summed E-state index contributed by atoms with van der Waals surface area (Å²) in [6.07, 6.45) is 6.70. The van der Waals surface area contributed by atoms with Gasteiger partial charge in [0.25, 0.3) is 0 Å². The second-order valence-electron chi connectivity index (χ2n) is 6.29. The van der Waals surface area contributed by atoms with E-state index in [2.05, 4.69) is 45.2 Å². The number of hydrogen-bond donors (Lipinski definition) is 3. The molecule has 132 valence electrons. The highest BCUT2D eigenvalue weighted by molar-refractivity contribution is 5.80. The number of carbonyl (C=O) groups excluding carboxylic acids is 1. The van der Waals surface area contributed by atoms with E-state index in [1.165, 1.54) is 24.8 Å². The molecule has 1 saturated carbocycles. The molecule has 2 rings (SSSR count). The Morgan fingerprint density at radius 2 is 1.67 bits per heavy atom. The highest BCUT2D eigenvalue weighted by Gasteiger charge is 2.20. The van der Waals surface area contributed by atoms with Crippen molar-refractivity contribution in [1.29, 1.82) is 0 Å². The number of nitrogens with zero attached hydrogens (tertiary/aromatic N) is 1. The topological polar surface area (TPSA) is 65.5 Å². The van der Waals surface area contributed by atoms with Crippen LogP contribution in [-0.2, 0) is 11.2 Å². The summed E-state index contributed by atoms with van der Waals surface area (Å²) < 4.78 is 0. The van der Waals surface area contributed by atoms with Crippen LogP contribution in [0.3, 0.4) is 0 Å². The maximum atomic E-state index is 12.1. The Hall–Kier alpha value is -2.04. The molecule has 5 nitrogen and oxygen atoms in total. The van der Waals surface area contributed by atoms with Crippen molar-refractivity contribution < 1.29 is 4.79 Å². The highest BCUT2D eigenvalue weighted by atomic mass is 16.1. The van der Waals surface area contributed by atoms with Crippen LogP contribution in [0.2, 0.25) is 0 Å². The molecule has 0 bridgehead atoms. The van der Waals surface area contributed by atoms with Crippen molar-refractivity contribution in [2.24, 2.45) is 10.9 Å². The molecule has 24 heavy (non-hydrogen) atoms. The lowest BCUT2D eigenvalue weighted by Gasteiger charge is -2.21. The first-order valence-electron chi connectivity index (χ1n) is 9.06. The molecule has 0 spiro atoms. The minimum absolute atomic E-state index is 0.212. The van der Waals surface area contributed by atoms with E-state index in [9.17, 15) is 4.79 Å². The molecule has 5 heteroatoms. The lowest BCUT2D eigenvalue weighted by Crippen LogP contribution is -2.43. The van der Waals surface area contributed by atoms with Crippen LogP contribution in [0.5, 0.6) is 0 Å². The largest absolute Gasteiger partial charge is 0.356 e. The third-order valence-electron chi connectivity index (χ3n) is 4.47. The van der Waals surface area contributed by atoms with Crippen LogP contribution in [0.4, 0.5) is 0 Å². The molecular formula is C19H30N4O. The minimum Gasteiger partial charge on any atom is -0.356 e. The van der Waals surface area contributed by atoms with E-state index in [4.69, 9.17) is 0 Å². The molecule has 0 heterocycles. The zero-order valence-electron chi connectivity index (χ0n) is 14.7. The molecular weight excluding hydrogens is 300 g/mol. The van der Waals surface area contributed by atoms with Gasteiger partial charge in [0.15, 0.2) is 5.96 Å². The third kappa shape index (κ3) is 6.60. The molecule has 0 aromatic heterocycles. The quantitative estimate of drug-likeness (QED) is 0.407. The predicted molar refractivity (Wildman–Crippen MR) is 99.1 cm³/mol. The Balaban J connectivity index is 1.57. The Morgan fingerprint density at radius 3 is 2.38 bits per heavy atom. The van der Waals surface area contributed by atoms with Crippen molar-refractivity contribution in [2.75, 3.05) is 26.7 Å². The number of guanidine groups is 1. The van der Waals surface area contributed by atoms with Gasteiger partial charge in [0.1, 0.15) is 0 Å². The maximum Gasteiger partial charge on any atom is 0.223 e. The van der Waals surface area contributed by atoms with Crippen LogP contribution in [0.25, 0.3) is 0 Å². The summed E-state index contributed by atoms with van der Waals surface area (Å²) in [5.41, 5.74) is 1.31. The predicted octanol–water partition coefficient (Wildman–Crippen LogP) is 2.09. The van der Waals surface area contributed by atoms with E-state index in [-0.39, 0.29) is 11.8 Å². The van der Waals surface area contributed by atoms with Gasteiger partial charge >= 0.3 is 0 Å². The van der Waals surface area contributed by atoms with Crippen LogP contribution in [0.1, 0.15) is 37.7 Å². The van der Waals surface area contributed by atoms with E-state index in [1.54, 1.807) is 7.05 Å². The number of amides is 1. The van der Waals surface area contributed by atoms with Crippen LogP contribution in [-0.4, -0.2) is 38.5 Å². The lowest BCUT2D eigenvalue weighted by atomic mass is 9.89. The van der Waals surface area contributed by atoms with Gasteiger partial charge in [-0.15, -0.1) is 0 Å². The molecule has 3 N–H and O–H groups in total. The number of carbonyl (C=O) groups is 1. The Morgan fingerprint density at radius 1 is 1.00 bits per heavy atom. The van der Waals surface area contributed by atoms with Gasteiger partial charge in [-0.3, -0.25) is 9.79 Å². The van der Waals surface area contributed by atoms with E-state index in [1.807, 2.05) is 6.07 Å². The van der Waals surface area contributed by atoms with Gasteiger partial charge in [-0.2, -0.15) is 0 Å². The monoisotopic (exact) mass is 330 g/mol. The van der Waals surface area contributed by atoms with Gasteiger partial charge in [0, 0.05) is 32.6 Å². The lowest BCUT2D eigenvalue weighted by molar-refractivity contribution is -0.125. The first-order chi connectivity index (χ1) is 11.8. The van der Waals surface area contributed by atoms with E-state index >= 15 is 0 Å².